The van der Waals surface area contributed by atoms with Crippen LogP contribution in [0.2, 0.25) is 10.0 Å². The van der Waals surface area contributed by atoms with E-state index in [1.807, 2.05) is 0 Å². The zero-order valence-electron chi connectivity index (χ0n) is 11.4. The molecule has 0 aliphatic carbocycles. The molecule has 0 aliphatic heterocycles. The maximum absolute atomic E-state index is 12.6. The minimum absolute atomic E-state index is 0.161. The van der Waals surface area contributed by atoms with E-state index in [1.165, 1.54) is 12.1 Å². The summed E-state index contributed by atoms with van der Waals surface area (Å²) in [6, 6.07) is 7.89. The number of nitrogens with one attached hydrogen (secondary N) is 1. The molecule has 0 radical (unpaired) electrons. The van der Waals surface area contributed by atoms with Gasteiger partial charge in [-0.05, 0) is 49.2 Å². The summed E-state index contributed by atoms with van der Waals surface area (Å²) in [4.78, 5) is 0.161. The van der Waals surface area contributed by atoms with Crippen LogP contribution in [-0.4, -0.2) is 8.42 Å². The van der Waals surface area contributed by atoms with E-state index < -0.39 is 10.0 Å². The molecule has 0 saturated carbocycles. The number of hydrogen-bond donors (Lipinski definition) is 2. The highest BCUT2D eigenvalue weighted by molar-refractivity contribution is 7.92. The molecule has 112 valence electrons. The first-order valence-electron chi connectivity index (χ1n) is 6.06. The molecule has 0 fully saturated rings. The molecule has 0 aromatic heterocycles. The number of benzene rings is 2. The number of halogens is 2. The maximum atomic E-state index is 12.6. The topological polar surface area (TPSA) is 72.2 Å². The first-order chi connectivity index (χ1) is 9.72. The van der Waals surface area contributed by atoms with Crippen LogP contribution < -0.4 is 10.5 Å². The number of nitrogen functional groups attached to an aromatic ring is 1. The van der Waals surface area contributed by atoms with Gasteiger partial charge in [0.2, 0.25) is 0 Å². The summed E-state index contributed by atoms with van der Waals surface area (Å²) in [7, 11) is -3.79. The van der Waals surface area contributed by atoms with E-state index in [-0.39, 0.29) is 15.6 Å². The second-order valence-corrected chi connectivity index (χ2v) is 7.12. The van der Waals surface area contributed by atoms with Gasteiger partial charge in [0, 0.05) is 10.7 Å². The van der Waals surface area contributed by atoms with Crippen molar-refractivity contribution in [3.8, 4) is 0 Å². The van der Waals surface area contributed by atoms with Gasteiger partial charge in [-0.25, -0.2) is 8.42 Å². The average molecular weight is 345 g/mol. The largest absolute Gasteiger partial charge is 0.398 e. The van der Waals surface area contributed by atoms with Crippen molar-refractivity contribution in [1.29, 1.82) is 0 Å². The fourth-order valence-corrected chi connectivity index (χ4v) is 4.12. The lowest BCUT2D eigenvalue weighted by Gasteiger charge is -2.15. The summed E-state index contributed by atoms with van der Waals surface area (Å²) in [6.45, 7) is 3.38. The lowest BCUT2D eigenvalue weighted by Crippen LogP contribution is -2.16. The molecule has 0 bridgehead atoms. The van der Waals surface area contributed by atoms with Gasteiger partial charge in [-0.1, -0.05) is 29.3 Å². The van der Waals surface area contributed by atoms with Gasteiger partial charge in [-0.2, -0.15) is 0 Å². The van der Waals surface area contributed by atoms with Crippen LogP contribution in [0, 0.1) is 13.8 Å². The predicted molar refractivity (Wildman–Crippen MR) is 87.6 cm³/mol. The number of nitrogens with two attached hydrogens (primary N) is 1. The fraction of sp³-hybridized carbons (Fsp3) is 0.143. The lowest BCUT2D eigenvalue weighted by atomic mass is 10.1. The molecule has 2 rings (SSSR count). The normalized spacial score (nSPS) is 11.4. The molecule has 0 aliphatic rings. The van der Waals surface area contributed by atoms with E-state index in [4.69, 9.17) is 28.9 Å². The van der Waals surface area contributed by atoms with Gasteiger partial charge in [-0.15, -0.1) is 0 Å². The van der Waals surface area contributed by atoms with Crippen LogP contribution >= 0.6 is 23.2 Å². The molecule has 0 spiro atoms. The summed E-state index contributed by atoms with van der Waals surface area (Å²) in [5.74, 6) is 0. The van der Waals surface area contributed by atoms with Crippen molar-refractivity contribution in [1.82, 2.24) is 0 Å². The highest BCUT2D eigenvalue weighted by Gasteiger charge is 2.21. The first-order valence-corrected chi connectivity index (χ1v) is 8.30. The average Bonchev–Trinajstić information content (AvgIpc) is 2.37. The number of rotatable bonds is 3. The number of aryl methyl sites for hydroxylation is 1. The second-order valence-electron chi connectivity index (χ2n) is 4.66. The minimum atomic E-state index is -3.79. The summed E-state index contributed by atoms with van der Waals surface area (Å²) in [5, 5.41) is 0.657. The molecule has 0 heterocycles. The quantitative estimate of drug-likeness (QED) is 0.826. The van der Waals surface area contributed by atoms with Crippen LogP contribution in [0.25, 0.3) is 0 Å². The third-order valence-corrected chi connectivity index (χ3v) is 5.29. The standard InChI is InChI=1S/C14H14Cl2N2O2S/c1-8-3-5-12(17)9(2)14(8)21(19,20)18-13-6-4-10(15)7-11(13)16/h3-7,18H,17H2,1-2H3. The van der Waals surface area contributed by atoms with Crippen LogP contribution in [0.4, 0.5) is 11.4 Å². The van der Waals surface area contributed by atoms with Crippen molar-refractivity contribution in [3.05, 3.63) is 51.5 Å². The third kappa shape index (κ3) is 3.26. The summed E-state index contributed by atoms with van der Waals surface area (Å²) in [5.41, 5.74) is 7.60. The van der Waals surface area contributed by atoms with Crippen molar-refractivity contribution < 1.29 is 8.42 Å². The van der Waals surface area contributed by atoms with Gasteiger partial charge < -0.3 is 5.73 Å². The Bertz CT molecular complexity index is 805. The van der Waals surface area contributed by atoms with E-state index >= 15 is 0 Å². The SMILES string of the molecule is Cc1ccc(N)c(C)c1S(=O)(=O)Nc1ccc(Cl)cc1Cl. The second kappa shape index (κ2) is 5.75. The Morgan fingerprint density at radius 1 is 1.10 bits per heavy atom. The van der Waals surface area contributed by atoms with Crippen LogP contribution in [0.1, 0.15) is 11.1 Å². The number of hydrogen-bond acceptors (Lipinski definition) is 3. The van der Waals surface area contributed by atoms with Gasteiger partial charge >= 0.3 is 0 Å². The van der Waals surface area contributed by atoms with Gasteiger partial charge in [-0.3, -0.25) is 4.72 Å². The van der Waals surface area contributed by atoms with E-state index in [0.29, 0.717) is 21.8 Å². The molecular formula is C14H14Cl2N2O2S. The van der Waals surface area contributed by atoms with Gasteiger partial charge in [0.1, 0.15) is 0 Å². The molecule has 2 aromatic carbocycles. The Kier molecular flexibility index (Phi) is 4.37. The summed E-state index contributed by atoms with van der Waals surface area (Å²) < 4.78 is 27.6. The van der Waals surface area contributed by atoms with Crippen LogP contribution in [0.15, 0.2) is 35.2 Å². The van der Waals surface area contributed by atoms with E-state index in [2.05, 4.69) is 4.72 Å². The van der Waals surface area contributed by atoms with Crippen LogP contribution in [0.3, 0.4) is 0 Å². The third-order valence-electron chi connectivity index (χ3n) is 3.09. The first kappa shape index (κ1) is 15.9. The van der Waals surface area contributed by atoms with Crippen molar-refractivity contribution in [3.63, 3.8) is 0 Å². The highest BCUT2D eigenvalue weighted by Crippen LogP contribution is 2.30. The van der Waals surface area contributed by atoms with E-state index in [1.54, 1.807) is 32.0 Å². The van der Waals surface area contributed by atoms with Crippen molar-refractivity contribution in [2.75, 3.05) is 10.5 Å². The maximum Gasteiger partial charge on any atom is 0.262 e. The number of anilines is 2. The van der Waals surface area contributed by atoms with E-state index in [9.17, 15) is 8.42 Å². The Labute approximate surface area is 133 Å². The van der Waals surface area contributed by atoms with Crippen LogP contribution in [-0.2, 0) is 10.0 Å². The Morgan fingerprint density at radius 3 is 2.38 bits per heavy atom. The van der Waals surface area contributed by atoms with Crippen molar-refractivity contribution in [2.24, 2.45) is 0 Å². The van der Waals surface area contributed by atoms with Gasteiger partial charge in [0.05, 0.1) is 15.6 Å². The molecule has 2 aromatic rings. The smallest absolute Gasteiger partial charge is 0.262 e. The molecule has 3 N–H and O–H groups in total. The monoisotopic (exact) mass is 344 g/mol. The van der Waals surface area contributed by atoms with Crippen molar-refractivity contribution >= 4 is 44.6 Å². The zero-order valence-corrected chi connectivity index (χ0v) is 13.8. The molecule has 0 atom stereocenters. The molecule has 7 heteroatoms. The molecule has 0 amide bonds. The fourth-order valence-electron chi connectivity index (χ4n) is 2.02. The summed E-state index contributed by atoms with van der Waals surface area (Å²) >= 11 is 11.8. The van der Waals surface area contributed by atoms with Gasteiger partial charge in [0.15, 0.2) is 0 Å². The minimum Gasteiger partial charge on any atom is -0.398 e. The number of sulfonamides is 1. The Balaban J connectivity index is 2.51. The summed E-state index contributed by atoms with van der Waals surface area (Å²) in [6.07, 6.45) is 0. The Hall–Kier alpha value is -1.43. The van der Waals surface area contributed by atoms with Crippen molar-refractivity contribution in [2.45, 2.75) is 18.7 Å². The highest BCUT2D eigenvalue weighted by atomic mass is 35.5. The van der Waals surface area contributed by atoms with Crippen LogP contribution in [0.5, 0.6) is 0 Å². The zero-order chi connectivity index (χ0) is 15.8. The van der Waals surface area contributed by atoms with Gasteiger partial charge in [0.25, 0.3) is 10.0 Å². The molecule has 21 heavy (non-hydrogen) atoms. The predicted octanol–water partition coefficient (Wildman–Crippen LogP) is 3.99. The Morgan fingerprint density at radius 2 is 1.76 bits per heavy atom. The molecule has 0 unspecified atom stereocenters. The van der Waals surface area contributed by atoms with E-state index in [0.717, 1.165) is 0 Å². The molecular weight excluding hydrogens is 331 g/mol. The molecule has 0 saturated heterocycles. The molecule has 4 nitrogen and oxygen atoms in total. The lowest BCUT2D eigenvalue weighted by molar-refractivity contribution is 0.600.